The summed E-state index contributed by atoms with van der Waals surface area (Å²) in [5, 5.41) is 3.34. The van der Waals surface area contributed by atoms with Gasteiger partial charge in [0.2, 0.25) is 5.91 Å². The van der Waals surface area contributed by atoms with Gasteiger partial charge in [0.1, 0.15) is 17.5 Å². The SMILES string of the molecule is COc1ccc(CN(C(=O)COc2ccccc2Cl)[C@@H](C)C(=O)NCCc2ccc(OC)c(OC)c2)cc1. The van der Waals surface area contributed by atoms with Crippen LogP contribution in [0.2, 0.25) is 5.02 Å². The standard InChI is InChI=1S/C29H33ClN2O6/c1-20(29(34)31-16-15-21-11-14-26(36-3)27(17-21)37-4)32(18-22-9-12-23(35-2)13-10-22)28(33)19-38-25-8-6-5-7-24(25)30/h5-14,17,20H,15-16,18-19H2,1-4H3,(H,31,34)/t20-/m0/s1. The molecule has 0 radical (unpaired) electrons. The molecule has 38 heavy (non-hydrogen) atoms. The molecule has 1 atom stereocenters. The number of carbonyl (C=O) groups excluding carboxylic acids is 2. The summed E-state index contributed by atoms with van der Waals surface area (Å²) < 4.78 is 21.5. The van der Waals surface area contributed by atoms with Crippen molar-refractivity contribution < 1.29 is 28.5 Å². The van der Waals surface area contributed by atoms with Gasteiger partial charge in [-0.15, -0.1) is 0 Å². The van der Waals surface area contributed by atoms with E-state index < -0.39 is 6.04 Å². The number of hydrogen-bond acceptors (Lipinski definition) is 6. The summed E-state index contributed by atoms with van der Waals surface area (Å²) in [4.78, 5) is 27.8. The molecule has 1 N–H and O–H groups in total. The molecule has 3 aromatic carbocycles. The number of benzene rings is 3. The van der Waals surface area contributed by atoms with Crippen LogP contribution in [-0.2, 0) is 22.6 Å². The summed E-state index contributed by atoms with van der Waals surface area (Å²) in [6.45, 7) is 2.05. The maximum absolute atomic E-state index is 13.3. The largest absolute Gasteiger partial charge is 0.497 e. The van der Waals surface area contributed by atoms with Crippen LogP contribution in [0, 0.1) is 0 Å². The Bertz CT molecular complexity index is 1220. The number of para-hydroxylation sites is 1. The first-order chi connectivity index (χ1) is 18.4. The molecule has 0 saturated heterocycles. The van der Waals surface area contributed by atoms with Gasteiger partial charge in [0.25, 0.3) is 5.91 Å². The second-order valence-electron chi connectivity index (χ2n) is 8.50. The number of nitrogens with one attached hydrogen (secondary N) is 1. The zero-order chi connectivity index (χ0) is 27.5. The van der Waals surface area contributed by atoms with E-state index in [2.05, 4.69) is 5.32 Å². The second kappa shape index (κ2) is 14.1. The first kappa shape index (κ1) is 28.7. The van der Waals surface area contributed by atoms with Gasteiger partial charge >= 0.3 is 0 Å². The number of halogens is 1. The van der Waals surface area contributed by atoms with Gasteiger partial charge in [-0.3, -0.25) is 9.59 Å². The lowest BCUT2D eigenvalue weighted by Crippen LogP contribution is -2.49. The molecule has 0 aliphatic carbocycles. The average Bonchev–Trinajstić information content (AvgIpc) is 2.95. The Hall–Kier alpha value is -3.91. The summed E-state index contributed by atoms with van der Waals surface area (Å²) in [5.41, 5.74) is 1.83. The van der Waals surface area contributed by atoms with E-state index in [4.69, 9.17) is 30.5 Å². The minimum Gasteiger partial charge on any atom is -0.497 e. The van der Waals surface area contributed by atoms with Crippen molar-refractivity contribution in [3.63, 3.8) is 0 Å². The second-order valence-corrected chi connectivity index (χ2v) is 8.90. The van der Waals surface area contributed by atoms with Gasteiger partial charge in [0.15, 0.2) is 18.1 Å². The van der Waals surface area contributed by atoms with Crippen LogP contribution in [-0.4, -0.2) is 57.2 Å². The number of amides is 2. The van der Waals surface area contributed by atoms with E-state index in [1.165, 1.54) is 4.90 Å². The normalized spacial score (nSPS) is 11.3. The van der Waals surface area contributed by atoms with E-state index in [1.54, 1.807) is 52.5 Å². The predicted octanol–water partition coefficient (Wildman–Crippen LogP) is 4.52. The van der Waals surface area contributed by atoms with Crippen LogP contribution >= 0.6 is 11.6 Å². The molecule has 0 saturated carbocycles. The van der Waals surface area contributed by atoms with Crippen molar-refractivity contribution in [3.8, 4) is 23.0 Å². The Morgan fingerprint density at radius 2 is 1.55 bits per heavy atom. The molecule has 0 bridgehead atoms. The first-order valence-electron chi connectivity index (χ1n) is 12.1. The minimum atomic E-state index is -0.746. The van der Waals surface area contributed by atoms with Crippen LogP contribution in [0.1, 0.15) is 18.1 Å². The van der Waals surface area contributed by atoms with Gasteiger partial charge in [-0.1, -0.05) is 41.9 Å². The molecule has 0 aromatic heterocycles. The zero-order valence-corrected chi connectivity index (χ0v) is 22.8. The zero-order valence-electron chi connectivity index (χ0n) is 22.0. The minimum absolute atomic E-state index is 0.221. The lowest BCUT2D eigenvalue weighted by Gasteiger charge is -2.29. The van der Waals surface area contributed by atoms with Crippen molar-refractivity contribution in [2.24, 2.45) is 0 Å². The number of hydrogen-bond donors (Lipinski definition) is 1. The Kier molecular flexibility index (Phi) is 10.7. The summed E-state index contributed by atoms with van der Waals surface area (Å²) in [7, 11) is 4.75. The maximum Gasteiger partial charge on any atom is 0.261 e. The van der Waals surface area contributed by atoms with E-state index >= 15 is 0 Å². The molecular formula is C29H33ClN2O6. The van der Waals surface area contributed by atoms with Crippen molar-refractivity contribution in [1.29, 1.82) is 0 Å². The van der Waals surface area contributed by atoms with Crippen LogP contribution in [0.15, 0.2) is 66.7 Å². The fourth-order valence-corrected chi connectivity index (χ4v) is 4.00. The number of carbonyl (C=O) groups is 2. The fourth-order valence-electron chi connectivity index (χ4n) is 3.81. The monoisotopic (exact) mass is 540 g/mol. The molecule has 0 spiro atoms. The average molecular weight is 541 g/mol. The third kappa shape index (κ3) is 7.79. The summed E-state index contributed by atoms with van der Waals surface area (Å²) in [6.07, 6.45) is 0.584. The summed E-state index contributed by atoms with van der Waals surface area (Å²) in [6, 6.07) is 19.1. The van der Waals surface area contributed by atoms with Gasteiger partial charge in [0, 0.05) is 13.1 Å². The van der Waals surface area contributed by atoms with Crippen molar-refractivity contribution in [2.75, 3.05) is 34.5 Å². The van der Waals surface area contributed by atoms with Crippen molar-refractivity contribution in [2.45, 2.75) is 25.9 Å². The van der Waals surface area contributed by atoms with Crippen LogP contribution in [0.3, 0.4) is 0 Å². The number of rotatable bonds is 13. The molecule has 0 heterocycles. The summed E-state index contributed by atoms with van der Waals surface area (Å²) in [5.74, 6) is 1.75. The molecule has 3 aromatic rings. The van der Waals surface area contributed by atoms with Crippen molar-refractivity contribution >= 4 is 23.4 Å². The van der Waals surface area contributed by atoms with Crippen LogP contribution in [0.4, 0.5) is 0 Å². The number of ether oxygens (including phenoxy) is 4. The molecule has 202 valence electrons. The Morgan fingerprint density at radius 1 is 0.868 bits per heavy atom. The molecule has 0 aliphatic heterocycles. The van der Waals surface area contributed by atoms with Gasteiger partial charge in [-0.05, 0) is 60.9 Å². The topological polar surface area (TPSA) is 86.3 Å². The highest BCUT2D eigenvalue weighted by Crippen LogP contribution is 2.27. The number of nitrogens with zero attached hydrogens (tertiary/aromatic N) is 1. The molecule has 3 rings (SSSR count). The highest BCUT2D eigenvalue weighted by Gasteiger charge is 2.26. The maximum atomic E-state index is 13.3. The fraction of sp³-hybridized carbons (Fsp3) is 0.310. The van der Waals surface area contributed by atoms with Gasteiger partial charge < -0.3 is 29.2 Å². The molecular weight excluding hydrogens is 508 g/mol. The van der Waals surface area contributed by atoms with E-state index in [0.717, 1.165) is 11.1 Å². The first-order valence-corrected chi connectivity index (χ1v) is 12.5. The molecule has 2 amide bonds. The van der Waals surface area contributed by atoms with Crippen LogP contribution in [0.25, 0.3) is 0 Å². The molecule has 0 unspecified atom stereocenters. The number of methoxy groups -OCH3 is 3. The predicted molar refractivity (Wildman–Crippen MR) is 146 cm³/mol. The highest BCUT2D eigenvalue weighted by atomic mass is 35.5. The molecule has 0 fully saturated rings. The van der Waals surface area contributed by atoms with Crippen molar-refractivity contribution in [1.82, 2.24) is 10.2 Å². The molecule has 8 nitrogen and oxygen atoms in total. The lowest BCUT2D eigenvalue weighted by atomic mass is 10.1. The van der Waals surface area contributed by atoms with Gasteiger partial charge in [-0.25, -0.2) is 0 Å². The van der Waals surface area contributed by atoms with E-state index in [0.29, 0.717) is 41.0 Å². The Morgan fingerprint density at radius 3 is 2.21 bits per heavy atom. The summed E-state index contributed by atoms with van der Waals surface area (Å²) >= 11 is 6.16. The highest BCUT2D eigenvalue weighted by molar-refractivity contribution is 6.32. The van der Waals surface area contributed by atoms with Crippen LogP contribution in [0.5, 0.6) is 23.0 Å². The Balaban J connectivity index is 1.67. The molecule has 0 aliphatic rings. The van der Waals surface area contributed by atoms with E-state index in [-0.39, 0.29) is 25.0 Å². The third-order valence-electron chi connectivity index (χ3n) is 6.03. The van der Waals surface area contributed by atoms with E-state index in [9.17, 15) is 9.59 Å². The van der Waals surface area contributed by atoms with Crippen LogP contribution < -0.4 is 24.3 Å². The Labute approximate surface area is 228 Å². The smallest absolute Gasteiger partial charge is 0.261 e. The van der Waals surface area contributed by atoms with Gasteiger partial charge in [-0.2, -0.15) is 0 Å². The lowest BCUT2D eigenvalue weighted by molar-refractivity contribution is -0.142. The molecule has 9 heteroatoms. The van der Waals surface area contributed by atoms with Crippen molar-refractivity contribution in [3.05, 3.63) is 82.9 Å². The third-order valence-corrected chi connectivity index (χ3v) is 6.34. The van der Waals surface area contributed by atoms with Gasteiger partial charge in [0.05, 0.1) is 26.4 Å². The quantitative estimate of drug-likeness (QED) is 0.343. The van der Waals surface area contributed by atoms with E-state index in [1.807, 2.05) is 42.5 Å².